The predicted octanol–water partition coefficient (Wildman–Crippen LogP) is 3.45. The molecular weight excluding hydrogens is 824 g/mol. The Labute approximate surface area is 347 Å². The van der Waals surface area contributed by atoms with Gasteiger partial charge in [-0.2, -0.15) is 5.82 Å². The molecule has 0 saturated carbocycles. The number of phosphoric ester groups is 1. The standard InChI is InChI=1S/C35H54BN3O12PS4/c1-7-10-25(2)47-21-29-28(51-33(54-53-6)24-49-52(42,43)44)20-30(50-29)36-13-9-15-38-31(40)22-45-17-18-46-32(55-56-35(3,4)5)23-48-27-12-8-11-26(19-27)34(41)39-16-14-37/h8,11-12,19,25,28-30,32-33H,14-18,20-24,37H2,1-6H3,(H,38,40)(H,39,41)(H2,42,43,44)/t25?,28-,29?,30-,32?,33-/m1/s1. The normalized spacial score (nSPS) is 18.4. The highest BCUT2D eigenvalue weighted by molar-refractivity contribution is 8.77. The number of rotatable bonds is 26. The third kappa shape index (κ3) is 23.7. The molecule has 0 spiro atoms. The molecule has 15 nitrogen and oxygen atoms in total. The highest BCUT2D eigenvalue weighted by Crippen LogP contribution is 2.40. The first-order valence-electron chi connectivity index (χ1n) is 17.7. The lowest BCUT2D eigenvalue weighted by Crippen LogP contribution is -2.34. The van der Waals surface area contributed by atoms with Crippen LogP contribution in [0.2, 0.25) is 0 Å². The predicted molar refractivity (Wildman–Crippen MR) is 225 cm³/mol. The molecule has 6 atom stereocenters. The maximum absolute atomic E-state index is 12.4. The van der Waals surface area contributed by atoms with E-state index in [0.29, 0.717) is 30.8 Å². The summed E-state index contributed by atoms with van der Waals surface area (Å²) in [4.78, 5) is 42.9. The lowest BCUT2D eigenvalue weighted by atomic mass is 9.71. The van der Waals surface area contributed by atoms with Crippen molar-refractivity contribution < 1.29 is 56.9 Å². The minimum atomic E-state index is -4.67. The molecule has 1 aliphatic rings. The lowest BCUT2D eigenvalue weighted by Gasteiger charge is -2.25. The van der Waals surface area contributed by atoms with E-state index in [2.05, 4.69) is 59.5 Å². The Kier molecular flexibility index (Phi) is 25.3. The molecule has 0 bridgehead atoms. The van der Waals surface area contributed by atoms with E-state index in [1.807, 2.05) is 13.2 Å². The van der Waals surface area contributed by atoms with Gasteiger partial charge in [-0.05, 0) is 44.7 Å². The Morgan fingerprint density at radius 1 is 1.14 bits per heavy atom. The van der Waals surface area contributed by atoms with E-state index in [1.54, 1.807) is 49.3 Å². The third-order valence-electron chi connectivity index (χ3n) is 6.82. The summed E-state index contributed by atoms with van der Waals surface area (Å²) in [5.74, 6) is 11.5. The molecule has 1 saturated heterocycles. The largest absolute Gasteiger partial charge is 0.490 e. The molecule has 313 valence electrons. The van der Waals surface area contributed by atoms with E-state index in [0.717, 1.165) is 0 Å². The van der Waals surface area contributed by atoms with Gasteiger partial charge in [-0.15, -0.1) is 5.92 Å². The summed E-state index contributed by atoms with van der Waals surface area (Å²) in [6.07, 6.45) is 0.955. The topological polar surface area (TPSA) is 206 Å². The summed E-state index contributed by atoms with van der Waals surface area (Å²) in [5.41, 5.74) is 4.93. The van der Waals surface area contributed by atoms with Gasteiger partial charge in [0.25, 0.3) is 13.2 Å². The maximum Gasteiger partial charge on any atom is 0.469 e. The van der Waals surface area contributed by atoms with E-state index in [4.69, 9.17) is 43.9 Å². The second-order valence-corrected chi connectivity index (χ2v) is 19.8. The van der Waals surface area contributed by atoms with Crippen molar-refractivity contribution in [1.29, 1.82) is 0 Å². The Balaban J connectivity index is 1.79. The molecule has 1 radical (unpaired) electrons. The van der Waals surface area contributed by atoms with Gasteiger partial charge >= 0.3 is 7.82 Å². The molecule has 1 heterocycles. The zero-order chi connectivity index (χ0) is 41.4. The van der Waals surface area contributed by atoms with Crippen LogP contribution in [-0.4, -0.2) is 134 Å². The van der Waals surface area contributed by atoms with Crippen LogP contribution in [0.5, 0.6) is 5.75 Å². The van der Waals surface area contributed by atoms with Crippen LogP contribution in [0.25, 0.3) is 0 Å². The van der Waals surface area contributed by atoms with Crippen LogP contribution in [0.3, 0.4) is 0 Å². The molecule has 21 heteroatoms. The van der Waals surface area contributed by atoms with Crippen LogP contribution < -0.4 is 21.1 Å². The fraction of sp³-hybridized carbons (Fsp3) is 0.657. The number of nitrogens with one attached hydrogen (secondary N) is 2. The molecule has 0 aliphatic carbocycles. The van der Waals surface area contributed by atoms with Gasteiger partial charge in [0.15, 0.2) is 0 Å². The minimum absolute atomic E-state index is 0.0201. The monoisotopic (exact) mass is 878 g/mol. The molecule has 6 N–H and O–H groups in total. The van der Waals surface area contributed by atoms with Gasteiger partial charge in [0, 0.05) is 29.4 Å². The first-order chi connectivity index (χ1) is 26.6. The number of amides is 2. The van der Waals surface area contributed by atoms with Gasteiger partial charge in [0.2, 0.25) is 5.91 Å². The van der Waals surface area contributed by atoms with Crippen molar-refractivity contribution >= 4 is 70.1 Å². The average Bonchev–Trinajstić information content (AvgIpc) is 3.52. The summed E-state index contributed by atoms with van der Waals surface area (Å²) in [6, 6.07) is 6.48. The molecule has 1 aromatic carbocycles. The SMILES string of the molecule is CC#CC(C)OCC1O[C@@H]([B]C#CCNC(=O)COCCOC(COc2cccc(C(=O)NCCN)c2)SSC(C)(C)C)C[C@H]1O[C@@H](COP(=O)(O)O)SSC. The van der Waals surface area contributed by atoms with Crippen molar-refractivity contribution in [1.82, 2.24) is 10.6 Å². The van der Waals surface area contributed by atoms with Crippen LogP contribution >= 0.6 is 51.0 Å². The van der Waals surface area contributed by atoms with Crippen molar-refractivity contribution in [3.63, 3.8) is 0 Å². The van der Waals surface area contributed by atoms with Crippen LogP contribution in [0.4, 0.5) is 0 Å². The van der Waals surface area contributed by atoms with Gasteiger partial charge in [-0.25, -0.2) is 4.57 Å². The van der Waals surface area contributed by atoms with Crippen molar-refractivity contribution in [3.05, 3.63) is 29.8 Å². The van der Waals surface area contributed by atoms with Crippen LogP contribution in [0, 0.1) is 23.6 Å². The fourth-order valence-electron chi connectivity index (χ4n) is 4.46. The molecular formula is C35H54BN3O12PS4. The molecule has 3 unspecified atom stereocenters. The van der Waals surface area contributed by atoms with Crippen molar-refractivity contribution in [2.45, 2.75) is 81.0 Å². The number of hydrogen-bond acceptors (Lipinski definition) is 15. The van der Waals surface area contributed by atoms with Gasteiger partial charge in [0.1, 0.15) is 42.0 Å². The number of nitrogens with two attached hydrogens (primary N) is 1. The van der Waals surface area contributed by atoms with Crippen LogP contribution in [0.1, 0.15) is 51.4 Å². The minimum Gasteiger partial charge on any atom is -0.490 e. The van der Waals surface area contributed by atoms with E-state index < -0.39 is 31.5 Å². The molecule has 56 heavy (non-hydrogen) atoms. The summed E-state index contributed by atoms with van der Waals surface area (Å²) in [7, 11) is 2.83. The number of phosphoric acid groups is 1. The Morgan fingerprint density at radius 2 is 1.93 bits per heavy atom. The first-order valence-corrected chi connectivity index (χ1v) is 24.1. The summed E-state index contributed by atoms with van der Waals surface area (Å²) < 4.78 is 51.5. The van der Waals surface area contributed by atoms with Crippen LogP contribution in [0.15, 0.2) is 24.3 Å². The van der Waals surface area contributed by atoms with Crippen molar-refractivity contribution in [3.8, 4) is 29.3 Å². The third-order valence-corrected chi connectivity index (χ3v) is 12.7. The zero-order valence-electron chi connectivity index (χ0n) is 32.6. The highest BCUT2D eigenvalue weighted by Gasteiger charge is 2.38. The van der Waals surface area contributed by atoms with Crippen LogP contribution in [-0.2, 0) is 37.6 Å². The average molecular weight is 879 g/mol. The Hall–Kier alpha value is -1.59. The first kappa shape index (κ1) is 50.6. The van der Waals surface area contributed by atoms with E-state index in [-0.39, 0.29) is 74.3 Å². The number of carbonyl (C=O) groups is 2. The number of carbonyl (C=O) groups excluding carboxylic acids is 2. The Morgan fingerprint density at radius 3 is 2.62 bits per heavy atom. The lowest BCUT2D eigenvalue weighted by molar-refractivity contribution is -0.126. The second-order valence-electron chi connectivity index (χ2n) is 12.8. The van der Waals surface area contributed by atoms with Gasteiger partial charge in [-0.3, -0.25) is 14.1 Å². The second kappa shape index (κ2) is 28.0. The zero-order valence-corrected chi connectivity index (χ0v) is 36.7. The molecule has 1 aliphatic heterocycles. The number of ether oxygens (including phenoxy) is 6. The van der Waals surface area contributed by atoms with Gasteiger partial charge < -0.3 is 54.6 Å². The number of benzene rings is 1. The van der Waals surface area contributed by atoms with Crippen molar-refractivity contribution in [2.75, 3.05) is 65.5 Å². The molecule has 2 amide bonds. The number of hydrogen-bond donors (Lipinski definition) is 5. The molecule has 1 aromatic rings. The van der Waals surface area contributed by atoms with Gasteiger partial charge in [-0.1, -0.05) is 81.9 Å². The van der Waals surface area contributed by atoms with Gasteiger partial charge in [0.05, 0.1) is 39.1 Å². The molecule has 1 fully saturated rings. The smallest absolute Gasteiger partial charge is 0.469 e. The quantitative estimate of drug-likeness (QED) is 0.0226. The fourth-order valence-corrected chi connectivity index (χ4v) is 8.56. The molecule has 2 rings (SSSR count). The summed E-state index contributed by atoms with van der Waals surface area (Å²) in [6.45, 7) is 11.0. The molecule has 0 aromatic heterocycles. The van der Waals surface area contributed by atoms with E-state index >= 15 is 0 Å². The summed E-state index contributed by atoms with van der Waals surface area (Å²) in [5, 5.41) is 5.43. The van der Waals surface area contributed by atoms with Crippen molar-refractivity contribution in [2.24, 2.45) is 5.73 Å². The summed E-state index contributed by atoms with van der Waals surface area (Å²) >= 11 is 0. The maximum atomic E-state index is 12.4. The van der Waals surface area contributed by atoms with E-state index in [1.165, 1.54) is 32.4 Å². The Bertz CT molecular complexity index is 1500. The highest BCUT2D eigenvalue weighted by atomic mass is 33.1. The van der Waals surface area contributed by atoms with E-state index in [9.17, 15) is 14.2 Å².